The van der Waals surface area contributed by atoms with Gasteiger partial charge in [0.15, 0.2) is 0 Å². The molecule has 0 aliphatic carbocycles. The third-order valence-electron chi connectivity index (χ3n) is 1.88. The van der Waals surface area contributed by atoms with Crippen LogP contribution >= 0.6 is 0 Å². The highest BCUT2D eigenvalue weighted by Crippen LogP contribution is 2.08. The Hall–Kier alpha value is -1.61. The lowest BCUT2D eigenvalue weighted by molar-refractivity contribution is 0.282. The van der Waals surface area contributed by atoms with Crippen molar-refractivity contribution < 1.29 is 5.11 Å². The van der Waals surface area contributed by atoms with E-state index in [1.54, 1.807) is 12.4 Å². The fourth-order valence-corrected chi connectivity index (χ4v) is 1.20. The van der Waals surface area contributed by atoms with Crippen molar-refractivity contribution in [3.05, 3.63) is 48.5 Å². The zero-order valence-corrected chi connectivity index (χ0v) is 7.09. The third kappa shape index (κ3) is 1.60. The molecule has 66 valence electrons. The van der Waals surface area contributed by atoms with Crippen LogP contribution in [0.3, 0.4) is 0 Å². The summed E-state index contributed by atoms with van der Waals surface area (Å²) in [7, 11) is 0. The highest BCUT2D eigenvalue weighted by molar-refractivity contribution is 5.30. The van der Waals surface area contributed by atoms with Gasteiger partial charge in [-0.3, -0.25) is 4.98 Å². The van der Waals surface area contributed by atoms with E-state index in [-0.39, 0.29) is 6.61 Å². The molecular formula is C10H10N2O. The molecule has 2 aromatic heterocycles. The summed E-state index contributed by atoms with van der Waals surface area (Å²) in [5.41, 5.74) is 1.91. The monoisotopic (exact) mass is 174 g/mol. The van der Waals surface area contributed by atoms with Crippen molar-refractivity contribution in [1.29, 1.82) is 0 Å². The first kappa shape index (κ1) is 8.01. The fourth-order valence-electron chi connectivity index (χ4n) is 1.20. The Bertz CT molecular complexity index is 381. The second-order valence-electron chi connectivity index (χ2n) is 2.80. The number of hydrogen-bond acceptors (Lipinski definition) is 2. The van der Waals surface area contributed by atoms with Crippen LogP contribution in [-0.4, -0.2) is 14.7 Å². The summed E-state index contributed by atoms with van der Waals surface area (Å²) in [5.74, 6) is 0. The Morgan fingerprint density at radius 2 is 2.31 bits per heavy atom. The smallest absolute Gasteiger partial charge is 0.0696 e. The predicted molar refractivity (Wildman–Crippen MR) is 49.5 cm³/mol. The Kier molecular flexibility index (Phi) is 2.10. The van der Waals surface area contributed by atoms with E-state index < -0.39 is 0 Å². The summed E-state index contributed by atoms with van der Waals surface area (Å²) < 4.78 is 1.93. The molecule has 2 aromatic rings. The molecule has 13 heavy (non-hydrogen) atoms. The van der Waals surface area contributed by atoms with Gasteiger partial charge >= 0.3 is 0 Å². The van der Waals surface area contributed by atoms with Crippen molar-refractivity contribution >= 4 is 0 Å². The van der Waals surface area contributed by atoms with E-state index in [4.69, 9.17) is 5.11 Å². The van der Waals surface area contributed by atoms with Crippen molar-refractivity contribution in [2.24, 2.45) is 0 Å². The summed E-state index contributed by atoms with van der Waals surface area (Å²) in [6, 6.07) is 5.73. The maximum atomic E-state index is 8.87. The van der Waals surface area contributed by atoms with Crippen LogP contribution in [0.5, 0.6) is 0 Å². The third-order valence-corrected chi connectivity index (χ3v) is 1.88. The van der Waals surface area contributed by atoms with E-state index >= 15 is 0 Å². The summed E-state index contributed by atoms with van der Waals surface area (Å²) in [6.45, 7) is 0.0766. The molecular weight excluding hydrogens is 164 g/mol. The molecule has 2 rings (SSSR count). The van der Waals surface area contributed by atoms with Crippen molar-refractivity contribution in [2.45, 2.75) is 6.61 Å². The number of rotatable bonds is 2. The molecule has 0 aliphatic heterocycles. The van der Waals surface area contributed by atoms with Gasteiger partial charge in [-0.2, -0.15) is 0 Å². The Morgan fingerprint density at radius 1 is 1.38 bits per heavy atom. The molecule has 0 aliphatic rings. The molecule has 0 unspecified atom stereocenters. The first-order valence-electron chi connectivity index (χ1n) is 4.08. The minimum Gasteiger partial charge on any atom is -0.392 e. The lowest BCUT2D eigenvalue weighted by Crippen LogP contribution is -1.89. The van der Waals surface area contributed by atoms with Gasteiger partial charge < -0.3 is 9.67 Å². The molecule has 0 aromatic carbocycles. The summed E-state index contributed by atoms with van der Waals surface area (Å²) in [5, 5.41) is 8.87. The molecule has 0 spiro atoms. The number of aliphatic hydroxyl groups excluding tert-OH is 1. The normalized spacial score (nSPS) is 10.2. The van der Waals surface area contributed by atoms with E-state index in [2.05, 4.69) is 4.98 Å². The van der Waals surface area contributed by atoms with Crippen LogP contribution in [0.15, 0.2) is 43.0 Å². The predicted octanol–water partition coefficient (Wildman–Crippen LogP) is 1.36. The second-order valence-corrected chi connectivity index (χ2v) is 2.80. The quantitative estimate of drug-likeness (QED) is 0.746. The van der Waals surface area contributed by atoms with Crippen LogP contribution in [0.2, 0.25) is 0 Å². The number of hydrogen-bond donors (Lipinski definition) is 1. The molecule has 0 amide bonds. The number of aromatic nitrogens is 2. The summed E-state index contributed by atoms with van der Waals surface area (Å²) in [6.07, 6.45) is 7.31. The lowest BCUT2D eigenvalue weighted by atomic mass is 10.4. The van der Waals surface area contributed by atoms with Gasteiger partial charge in [-0.1, -0.05) is 0 Å². The Balaban J connectivity index is 2.36. The maximum absolute atomic E-state index is 8.87. The van der Waals surface area contributed by atoms with Crippen molar-refractivity contribution in [2.75, 3.05) is 0 Å². The average Bonchev–Trinajstić information content (AvgIpc) is 2.67. The lowest BCUT2D eigenvalue weighted by Gasteiger charge is -1.99. The van der Waals surface area contributed by atoms with Gasteiger partial charge in [0, 0.05) is 18.6 Å². The Labute approximate surface area is 76.3 Å². The Morgan fingerprint density at radius 3 is 2.92 bits per heavy atom. The van der Waals surface area contributed by atoms with Crippen molar-refractivity contribution in [1.82, 2.24) is 9.55 Å². The molecule has 3 heteroatoms. The van der Waals surface area contributed by atoms with Crippen LogP contribution < -0.4 is 0 Å². The average molecular weight is 174 g/mol. The van der Waals surface area contributed by atoms with Crippen molar-refractivity contribution in [3.63, 3.8) is 0 Å². The summed E-state index contributed by atoms with van der Waals surface area (Å²) >= 11 is 0. The fraction of sp³-hybridized carbons (Fsp3) is 0.100. The maximum Gasteiger partial charge on any atom is 0.0696 e. The van der Waals surface area contributed by atoms with Crippen LogP contribution in [0.4, 0.5) is 0 Å². The molecule has 0 saturated carbocycles. The molecule has 0 radical (unpaired) electrons. The molecule has 0 bridgehead atoms. The van der Waals surface area contributed by atoms with Gasteiger partial charge in [0.1, 0.15) is 0 Å². The highest BCUT2D eigenvalue weighted by Gasteiger charge is 1.96. The van der Waals surface area contributed by atoms with Crippen LogP contribution in [0.1, 0.15) is 5.56 Å². The molecule has 1 N–H and O–H groups in total. The highest BCUT2D eigenvalue weighted by atomic mass is 16.3. The topological polar surface area (TPSA) is 38.0 Å². The number of pyridine rings is 1. The van der Waals surface area contributed by atoms with Gasteiger partial charge in [0.2, 0.25) is 0 Å². The van der Waals surface area contributed by atoms with E-state index in [0.717, 1.165) is 11.3 Å². The largest absolute Gasteiger partial charge is 0.392 e. The minimum absolute atomic E-state index is 0.0766. The number of nitrogens with zero attached hydrogens (tertiary/aromatic N) is 2. The number of aliphatic hydroxyl groups is 1. The van der Waals surface area contributed by atoms with Gasteiger partial charge in [-0.15, -0.1) is 0 Å². The van der Waals surface area contributed by atoms with E-state index in [9.17, 15) is 0 Å². The molecule has 0 fully saturated rings. The zero-order chi connectivity index (χ0) is 9.10. The van der Waals surface area contributed by atoms with E-state index in [1.807, 2.05) is 35.2 Å². The summed E-state index contributed by atoms with van der Waals surface area (Å²) in [4.78, 5) is 4.01. The first-order valence-corrected chi connectivity index (χ1v) is 4.08. The minimum atomic E-state index is 0.0766. The zero-order valence-electron chi connectivity index (χ0n) is 7.09. The van der Waals surface area contributed by atoms with Crippen LogP contribution in [0, 0.1) is 0 Å². The van der Waals surface area contributed by atoms with E-state index in [1.165, 1.54) is 0 Å². The van der Waals surface area contributed by atoms with E-state index in [0.29, 0.717) is 0 Å². The standard InChI is InChI=1S/C10H10N2O/c13-8-9-3-5-12(7-9)10-2-1-4-11-6-10/h1-7,13H,8H2. The van der Waals surface area contributed by atoms with Gasteiger partial charge in [0.05, 0.1) is 18.5 Å². The van der Waals surface area contributed by atoms with Crippen LogP contribution in [-0.2, 0) is 6.61 Å². The second kappa shape index (κ2) is 3.41. The van der Waals surface area contributed by atoms with Crippen LogP contribution in [0.25, 0.3) is 5.69 Å². The SMILES string of the molecule is OCc1ccn(-c2cccnc2)c1. The molecule has 2 heterocycles. The molecule has 0 saturated heterocycles. The molecule has 0 atom stereocenters. The van der Waals surface area contributed by atoms with Gasteiger partial charge in [0.25, 0.3) is 0 Å². The molecule has 3 nitrogen and oxygen atoms in total. The van der Waals surface area contributed by atoms with Gasteiger partial charge in [-0.25, -0.2) is 0 Å². The van der Waals surface area contributed by atoms with Gasteiger partial charge in [-0.05, 0) is 23.8 Å². The first-order chi connectivity index (χ1) is 6.40. The van der Waals surface area contributed by atoms with Crippen molar-refractivity contribution in [3.8, 4) is 5.69 Å².